The predicted octanol–water partition coefficient (Wildman–Crippen LogP) is 3.00. The summed E-state index contributed by atoms with van der Waals surface area (Å²) in [5.74, 6) is 0.404. The Kier molecular flexibility index (Phi) is 4.76. The molecule has 2 unspecified atom stereocenters. The third-order valence-electron chi connectivity index (χ3n) is 2.85. The van der Waals surface area contributed by atoms with E-state index in [1.165, 1.54) is 17.7 Å². The van der Waals surface area contributed by atoms with E-state index >= 15 is 0 Å². The van der Waals surface area contributed by atoms with Gasteiger partial charge in [0.1, 0.15) is 5.82 Å². The van der Waals surface area contributed by atoms with Gasteiger partial charge >= 0.3 is 0 Å². The van der Waals surface area contributed by atoms with Crippen molar-refractivity contribution in [1.82, 2.24) is 5.32 Å². The molecule has 0 bridgehead atoms. The normalized spacial score (nSPS) is 14.9. The van der Waals surface area contributed by atoms with E-state index in [2.05, 4.69) is 26.1 Å². The number of halogens is 1. The molecule has 0 heterocycles. The van der Waals surface area contributed by atoms with Crippen LogP contribution in [0.3, 0.4) is 0 Å². The van der Waals surface area contributed by atoms with Gasteiger partial charge in [-0.15, -0.1) is 0 Å². The minimum Gasteiger partial charge on any atom is -0.314 e. The summed E-state index contributed by atoms with van der Waals surface area (Å²) in [5, 5.41) is 3.40. The lowest BCUT2D eigenvalue weighted by molar-refractivity contribution is 0.406. The number of benzene rings is 1. The van der Waals surface area contributed by atoms with Crippen LogP contribution in [0.25, 0.3) is 0 Å². The van der Waals surface area contributed by atoms with Crippen molar-refractivity contribution in [3.63, 3.8) is 0 Å². The van der Waals surface area contributed by atoms with Gasteiger partial charge in [0.15, 0.2) is 0 Å². The first-order valence-corrected chi connectivity index (χ1v) is 5.61. The number of hydrogen-bond acceptors (Lipinski definition) is 1. The third-order valence-corrected chi connectivity index (χ3v) is 2.85. The number of nitrogens with one attached hydrogen (secondary N) is 1. The van der Waals surface area contributed by atoms with Crippen molar-refractivity contribution >= 4 is 0 Å². The molecule has 0 aromatic heterocycles. The molecule has 2 atom stereocenters. The molecule has 1 nitrogen and oxygen atoms in total. The molecule has 1 aromatic rings. The molecule has 84 valence electrons. The summed E-state index contributed by atoms with van der Waals surface area (Å²) in [7, 11) is 0. The fraction of sp³-hybridized carbons (Fsp3) is 0.538. The molecule has 0 saturated carbocycles. The van der Waals surface area contributed by atoms with Crippen LogP contribution in [0, 0.1) is 11.7 Å². The molecular weight excluding hydrogens is 189 g/mol. The number of hydrogen-bond donors (Lipinski definition) is 1. The molecule has 0 saturated heterocycles. The summed E-state index contributed by atoms with van der Waals surface area (Å²) in [6.45, 7) is 7.52. The lowest BCUT2D eigenvalue weighted by Crippen LogP contribution is -2.32. The Labute approximate surface area is 91.7 Å². The molecule has 0 fully saturated rings. The summed E-state index contributed by atoms with van der Waals surface area (Å²) in [6, 6.07) is 7.29. The van der Waals surface area contributed by atoms with E-state index in [0.29, 0.717) is 12.0 Å². The Hall–Kier alpha value is -0.890. The summed E-state index contributed by atoms with van der Waals surface area (Å²) in [4.78, 5) is 0. The van der Waals surface area contributed by atoms with Gasteiger partial charge in [-0.25, -0.2) is 4.39 Å². The van der Waals surface area contributed by atoms with E-state index in [1.807, 2.05) is 12.1 Å². The lowest BCUT2D eigenvalue weighted by atomic mass is 9.95. The summed E-state index contributed by atoms with van der Waals surface area (Å²) >= 11 is 0. The van der Waals surface area contributed by atoms with Crippen LogP contribution in [0.2, 0.25) is 0 Å². The maximum atomic E-state index is 12.7. The molecule has 0 aliphatic rings. The molecule has 0 aliphatic heterocycles. The second-order valence-corrected chi connectivity index (χ2v) is 4.15. The van der Waals surface area contributed by atoms with Crippen LogP contribution in [0.1, 0.15) is 26.3 Å². The molecule has 2 heteroatoms. The van der Waals surface area contributed by atoms with Gasteiger partial charge in [-0.05, 0) is 43.5 Å². The van der Waals surface area contributed by atoms with Gasteiger partial charge in [0.25, 0.3) is 0 Å². The molecule has 0 spiro atoms. The maximum absolute atomic E-state index is 12.7. The van der Waals surface area contributed by atoms with Crippen molar-refractivity contribution in [1.29, 1.82) is 0 Å². The van der Waals surface area contributed by atoms with Crippen LogP contribution in [0.5, 0.6) is 0 Å². The van der Waals surface area contributed by atoms with Crippen LogP contribution in [-0.4, -0.2) is 12.6 Å². The van der Waals surface area contributed by atoms with E-state index in [1.54, 1.807) is 0 Å². The molecule has 0 aliphatic carbocycles. The topological polar surface area (TPSA) is 12.0 Å². The van der Waals surface area contributed by atoms with E-state index < -0.39 is 0 Å². The fourth-order valence-electron chi connectivity index (χ4n) is 1.69. The van der Waals surface area contributed by atoms with Gasteiger partial charge in [0.05, 0.1) is 0 Å². The zero-order valence-electron chi connectivity index (χ0n) is 9.76. The molecule has 0 amide bonds. The highest BCUT2D eigenvalue weighted by atomic mass is 19.1. The van der Waals surface area contributed by atoms with Crippen LogP contribution in [-0.2, 0) is 6.42 Å². The Morgan fingerprint density at radius 3 is 2.33 bits per heavy atom. The van der Waals surface area contributed by atoms with Gasteiger partial charge in [0, 0.05) is 6.04 Å². The van der Waals surface area contributed by atoms with Crippen molar-refractivity contribution in [3.8, 4) is 0 Å². The third kappa shape index (κ3) is 4.00. The van der Waals surface area contributed by atoms with Gasteiger partial charge < -0.3 is 5.32 Å². The van der Waals surface area contributed by atoms with Gasteiger partial charge in [-0.1, -0.05) is 26.0 Å². The zero-order valence-corrected chi connectivity index (χ0v) is 9.76. The van der Waals surface area contributed by atoms with E-state index in [-0.39, 0.29) is 5.82 Å². The van der Waals surface area contributed by atoms with E-state index in [4.69, 9.17) is 0 Å². The van der Waals surface area contributed by atoms with Gasteiger partial charge in [-0.2, -0.15) is 0 Å². The zero-order chi connectivity index (χ0) is 11.3. The molecule has 1 N–H and O–H groups in total. The fourth-order valence-corrected chi connectivity index (χ4v) is 1.69. The largest absolute Gasteiger partial charge is 0.314 e. The minimum atomic E-state index is -0.161. The second-order valence-electron chi connectivity index (χ2n) is 4.15. The van der Waals surface area contributed by atoms with E-state index in [0.717, 1.165) is 13.0 Å². The average Bonchev–Trinajstić information content (AvgIpc) is 2.22. The highest BCUT2D eigenvalue weighted by Crippen LogP contribution is 2.12. The smallest absolute Gasteiger partial charge is 0.123 e. The first kappa shape index (κ1) is 12.2. The molecule has 15 heavy (non-hydrogen) atoms. The van der Waals surface area contributed by atoms with Crippen molar-refractivity contribution in [3.05, 3.63) is 35.6 Å². The predicted molar refractivity (Wildman–Crippen MR) is 62.4 cm³/mol. The molecule has 1 rings (SSSR count). The molecule has 0 radical (unpaired) electrons. The average molecular weight is 209 g/mol. The van der Waals surface area contributed by atoms with Gasteiger partial charge in [-0.3, -0.25) is 0 Å². The Balaban J connectivity index is 2.50. The minimum absolute atomic E-state index is 0.161. The Morgan fingerprint density at radius 1 is 1.20 bits per heavy atom. The van der Waals surface area contributed by atoms with Crippen molar-refractivity contribution in [2.45, 2.75) is 33.2 Å². The quantitative estimate of drug-likeness (QED) is 0.786. The SMILES string of the molecule is CCNC(C)C(C)Cc1ccc(F)cc1. The van der Waals surface area contributed by atoms with Gasteiger partial charge in [0.2, 0.25) is 0 Å². The monoisotopic (exact) mass is 209 g/mol. The van der Waals surface area contributed by atoms with E-state index in [9.17, 15) is 4.39 Å². The second kappa shape index (κ2) is 5.86. The van der Waals surface area contributed by atoms with Crippen LogP contribution < -0.4 is 5.32 Å². The van der Waals surface area contributed by atoms with Crippen LogP contribution in [0.15, 0.2) is 24.3 Å². The Bertz CT molecular complexity index is 281. The summed E-state index contributed by atoms with van der Waals surface area (Å²) in [6.07, 6.45) is 0.994. The lowest BCUT2D eigenvalue weighted by Gasteiger charge is -2.20. The summed E-state index contributed by atoms with van der Waals surface area (Å²) in [5.41, 5.74) is 1.20. The Morgan fingerprint density at radius 2 is 1.80 bits per heavy atom. The molecule has 1 aromatic carbocycles. The van der Waals surface area contributed by atoms with Crippen molar-refractivity contribution < 1.29 is 4.39 Å². The first-order valence-electron chi connectivity index (χ1n) is 5.61. The first-order chi connectivity index (χ1) is 7.13. The number of rotatable bonds is 5. The molecular formula is C13H20FN. The highest BCUT2D eigenvalue weighted by molar-refractivity contribution is 5.16. The maximum Gasteiger partial charge on any atom is 0.123 e. The standard InChI is InChI=1S/C13H20FN/c1-4-15-11(3)10(2)9-12-5-7-13(14)8-6-12/h5-8,10-11,15H,4,9H2,1-3H3. The van der Waals surface area contributed by atoms with Crippen molar-refractivity contribution in [2.24, 2.45) is 5.92 Å². The summed E-state index contributed by atoms with van der Waals surface area (Å²) < 4.78 is 12.7. The van der Waals surface area contributed by atoms with Crippen molar-refractivity contribution in [2.75, 3.05) is 6.54 Å². The van der Waals surface area contributed by atoms with Crippen LogP contribution >= 0.6 is 0 Å². The highest BCUT2D eigenvalue weighted by Gasteiger charge is 2.11. The van der Waals surface area contributed by atoms with Crippen LogP contribution in [0.4, 0.5) is 4.39 Å².